The maximum Gasteiger partial charge on any atom is 0.253 e. The van der Waals surface area contributed by atoms with Gasteiger partial charge in [0, 0.05) is 42.8 Å². The van der Waals surface area contributed by atoms with Crippen molar-refractivity contribution in [1.82, 2.24) is 20.1 Å². The Balaban J connectivity index is 1.33. The Kier molecular flexibility index (Phi) is 8.28. The van der Waals surface area contributed by atoms with E-state index in [1.54, 1.807) is 48.6 Å². The monoisotopic (exact) mass is 488 g/mol. The minimum absolute atomic E-state index is 0.0957. The van der Waals surface area contributed by atoms with E-state index in [0.29, 0.717) is 48.9 Å². The van der Waals surface area contributed by atoms with Gasteiger partial charge >= 0.3 is 0 Å². The molecule has 1 N–H and O–H groups in total. The van der Waals surface area contributed by atoms with Gasteiger partial charge in [0.25, 0.3) is 5.91 Å². The average molecular weight is 489 g/mol. The molecule has 0 bridgehead atoms. The summed E-state index contributed by atoms with van der Waals surface area (Å²) in [5.41, 5.74) is 3.89. The zero-order valence-electron chi connectivity index (χ0n) is 20.4. The largest absolute Gasteiger partial charge is 0.490 e. The van der Waals surface area contributed by atoms with E-state index in [-0.39, 0.29) is 11.7 Å². The van der Waals surface area contributed by atoms with Crippen molar-refractivity contribution in [3.8, 4) is 22.8 Å². The van der Waals surface area contributed by atoms with Crippen LogP contribution < -0.4 is 9.47 Å². The van der Waals surface area contributed by atoms with Gasteiger partial charge in [-0.1, -0.05) is 12.1 Å². The van der Waals surface area contributed by atoms with Crippen LogP contribution in [-0.2, 0) is 13.0 Å². The number of aromatic amines is 1. The van der Waals surface area contributed by atoms with E-state index in [4.69, 9.17) is 9.47 Å². The number of amides is 1. The van der Waals surface area contributed by atoms with Gasteiger partial charge in [-0.3, -0.25) is 14.9 Å². The average Bonchev–Trinajstić information content (AvgIpc) is 3.37. The number of nitrogens with one attached hydrogen (secondary N) is 1. The first kappa shape index (κ1) is 24.9. The van der Waals surface area contributed by atoms with Crippen molar-refractivity contribution >= 4 is 5.91 Å². The molecule has 2 aromatic heterocycles. The molecule has 8 heteroatoms. The van der Waals surface area contributed by atoms with Crippen LogP contribution in [0.1, 0.15) is 35.0 Å². The number of H-pyrrole nitrogens is 1. The predicted molar refractivity (Wildman–Crippen MR) is 135 cm³/mol. The summed E-state index contributed by atoms with van der Waals surface area (Å²) < 4.78 is 25.1. The fraction of sp³-hybridized carbons (Fsp3) is 0.250. The summed E-state index contributed by atoms with van der Waals surface area (Å²) in [6.45, 7) is 3.30. The third-order valence-electron chi connectivity index (χ3n) is 5.67. The number of hydrogen-bond acceptors (Lipinski definition) is 5. The van der Waals surface area contributed by atoms with Crippen molar-refractivity contribution in [2.75, 3.05) is 20.2 Å². The zero-order valence-corrected chi connectivity index (χ0v) is 20.4. The smallest absolute Gasteiger partial charge is 0.253 e. The molecule has 0 unspecified atom stereocenters. The number of nitrogens with zero attached hydrogens (tertiary/aromatic N) is 3. The first-order valence-corrected chi connectivity index (χ1v) is 11.9. The fourth-order valence-corrected chi connectivity index (χ4v) is 3.78. The van der Waals surface area contributed by atoms with Gasteiger partial charge < -0.3 is 14.4 Å². The second kappa shape index (κ2) is 12.0. The standard InChI is InChI=1S/C28H29FN4O3/c1-3-35-27-17-22(9-10-26(27)36-19-20-11-13-30-14-12-20)28(34)33(2)15-5-8-24-18-25(32-31-24)21-6-4-7-23(29)16-21/h4,6-7,9-14,16-18H,3,5,8,15,19H2,1-2H3,(H,31,32). The van der Waals surface area contributed by atoms with Crippen LogP contribution in [0.15, 0.2) is 73.1 Å². The molecule has 7 nitrogen and oxygen atoms in total. The fourth-order valence-electron chi connectivity index (χ4n) is 3.78. The van der Waals surface area contributed by atoms with E-state index in [0.717, 1.165) is 23.2 Å². The summed E-state index contributed by atoms with van der Waals surface area (Å²) in [6.07, 6.45) is 4.90. The molecule has 2 heterocycles. The van der Waals surface area contributed by atoms with Crippen LogP contribution in [0.2, 0.25) is 0 Å². The Morgan fingerprint density at radius 1 is 1.03 bits per heavy atom. The van der Waals surface area contributed by atoms with Crippen molar-refractivity contribution in [2.45, 2.75) is 26.4 Å². The predicted octanol–water partition coefficient (Wildman–Crippen LogP) is 5.29. The lowest BCUT2D eigenvalue weighted by molar-refractivity contribution is 0.0793. The molecule has 2 aromatic carbocycles. The van der Waals surface area contributed by atoms with Gasteiger partial charge in [0.2, 0.25) is 0 Å². The van der Waals surface area contributed by atoms with Gasteiger partial charge in [-0.15, -0.1) is 0 Å². The Morgan fingerprint density at radius 2 is 1.86 bits per heavy atom. The number of hydrogen-bond donors (Lipinski definition) is 1. The SMILES string of the molecule is CCOc1cc(C(=O)N(C)CCCc2cc(-c3cccc(F)c3)n[nH]2)ccc1OCc1ccncc1. The van der Waals surface area contributed by atoms with E-state index in [9.17, 15) is 9.18 Å². The van der Waals surface area contributed by atoms with Crippen molar-refractivity contribution in [3.63, 3.8) is 0 Å². The highest BCUT2D eigenvalue weighted by Crippen LogP contribution is 2.30. The number of carbonyl (C=O) groups excluding carboxylic acids is 1. The maximum atomic E-state index is 13.5. The van der Waals surface area contributed by atoms with Crippen LogP contribution >= 0.6 is 0 Å². The Morgan fingerprint density at radius 3 is 2.64 bits per heavy atom. The summed E-state index contributed by atoms with van der Waals surface area (Å²) in [4.78, 5) is 18.7. The lowest BCUT2D eigenvalue weighted by atomic mass is 10.1. The first-order chi connectivity index (χ1) is 17.5. The van der Waals surface area contributed by atoms with Crippen LogP contribution in [0.25, 0.3) is 11.3 Å². The highest BCUT2D eigenvalue weighted by molar-refractivity contribution is 5.94. The molecular weight excluding hydrogens is 459 g/mol. The second-order valence-corrected chi connectivity index (χ2v) is 8.36. The van der Waals surface area contributed by atoms with Gasteiger partial charge in [-0.2, -0.15) is 5.10 Å². The molecule has 0 aliphatic rings. The van der Waals surface area contributed by atoms with E-state index in [1.807, 2.05) is 31.2 Å². The van der Waals surface area contributed by atoms with E-state index in [1.165, 1.54) is 12.1 Å². The van der Waals surface area contributed by atoms with Crippen molar-refractivity contribution < 1.29 is 18.7 Å². The van der Waals surface area contributed by atoms with Gasteiger partial charge in [-0.05, 0) is 73.9 Å². The van der Waals surface area contributed by atoms with Gasteiger partial charge in [0.05, 0.1) is 12.3 Å². The van der Waals surface area contributed by atoms with Gasteiger partial charge in [0.1, 0.15) is 12.4 Å². The molecule has 0 radical (unpaired) electrons. The zero-order chi connectivity index (χ0) is 25.3. The number of rotatable bonds is 11. The summed E-state index contributed by atoms with van der Waals surface area (Å²) in [6, 6.07) is 17.3. The number of ether oxygens (including phenoxy) is 2. The number of benzene rings is 2. The number of halogens is 1. The Bertz CT molecular complexity index is 1290. The summed E-state index contributed by atoms with van der Waals surface area (Å²) in [7, 11) is 1.78. The number of carbonyl (C=O) groups is 1. The minimum atomic E-state index is -0.293. The quantitative estimate of drug-likeness (QED) is 0.310. The second-order valence-electron chi connectivity index (χ2n) is 8.36. The van der Waals surface area contributed by atoms with Crippen LogP contribution in [0.5, 0.6) is 11.5 Å². The van der Waals surface area contributed by atoms with Crippen molar-refractivity contribution in [1.29, 1.82) is 0 Å². The molecule has 0 aliphatic carbocycles. The Hall–Kier alpha value is -4.20. The Labute approximate surface area is 209 Å². The maximum absolute atomic E-state index is 13.5. The third kappa shape index (κ3) is 6.47. The molecular formula is C28H29FN4O3. The highest BCUT2D eigenvalue weighted by Gasteiger charge is 2.16. The molecule has 0 spiro atoms. The molecule has 0 aliphatic heterocycles. The topological polar surface area (TPSA) is 80.3 Å². The normalized spacial score (nSPS) is 10.8. The van der Waals surface area contributed by atoms with Crippen LogP contribution in [-0.4, -0.2) is 46.2 Å². The van der Waals surface area contributed by atoms with Crippen molar-refractivity contribution in [3.05, 3.63) is 95.7 Å². The summed E-state index contributed by atoms with van der Waals surface area (Å²) in [5.74, 6) is 0.731. The van der Waals surface area contributed by atoms with Gasteiger partial charge in [-0.25, -0.2) is 4.39 Å². The minimum Gasteiger partial charge on any atom is -0.490 e. The van der Waals surface area contributed by atoms with E-state index in [2.05, 4.69) is 15.2 Å². The first-order valence-electron chi connectivity index (χ1n) is 11.9. The van der Waals surface area contributed by atoms with Gasteiger partial charge in [0.15, 0.2) is 11.5 Å². The number of aryl methyl sites for hydroxylation is 1. The van der Waals surface area contributed by atoms with E-state index >= 15 is 0 Å². The van der Waals surface area contributed by atoms with E-state index < -0.39 is 0 Å². The molecule has 0 saturated heterocycles. The van der Waals surface area contributed by atoms with Crippen LogP contribution in [0, 0.1) is 5.82 Å². The molecule has 186 valence electrons. The molecule has 4 aromatic rings. The lowest BCUT2D eigenvalue weighted by Crippen LogP contribution is -2.28. The van der Waals surface area contributed by atoms with Crippen LogP contribution in [0.3, 0.4) is 0 Å². The molecule has 0 fully saturated rings. The molecule has 1 amide bonds. The lowest BCUT2D eigenvalue weighted by Gasteiger charge is -2.18. The third-order valence-corrected chi connectivity index (χ3v) is 5.67. The molecule has 0 atom stereocenters. The summed E-state index contributed by atoms with van der Waals surface area (Å²) >= 11 is 0. The van der Waals surface area contributed by atoms with Crippen LogP contribution in [0.4, 0.5) is 4.39 Å². The summed E-state index contributed by atoms with van der Waals surface area (Å²) in [5, 5.41) is 7.28. The molecule has 4 rings (SSSR count). The highest BCUT2D eigenvalue weighted by atomic mass is 19.1. The number of aromatic nitrogens is 3. The van der Waals surface area contributed by atoms with Crippen molar-refractivity contribution in [2.24, 2.45) is 0 Å². The number of pyridine rings is 1. The molecule has 36 heavy (non-hydrogen) atoms. The molecule has 0 saturated carbocycles.